The molecular formula is C18H16F2N2O. The molecule has 5 heteroatoms. The van der Waals surface area contributed by atoms with Gasteiger partial charge in [0.1, 0.15) is 18.2 Å². The average Bonchev–Trinajstić information content (AvgIpc) is 3.28. The molecule has 0 radical (unpaired) electrons. The predicted molar refractivity (Wildman–Crippen MR) is 82.6 cm³/mol. The van der Waals surface area contributed by atoms with E-state index in [2.05, 4.69) is 11.2 Å². The van der Waals surface area contributed by atoms with Crippen LogP contribution in [0.4, 0.5) is 8.78 Å². The number of halogens is 2. The summed E-state index contributed by atoms with van der Waals surface area (Å²) in [7, 11) is 0. The second-order valence-electron chi connectivity index (χ2n) is 6.01. The van der Waals surface area contributed by atoms with E-state index in [1.165, 1.54) is 36.6 Å². The number of nitrogens with zero attached hydrogens (tertiary/aromatic N) is 2. The van der Waals surface area contributed by atoms with Crippen LogP contribution < -0.4 is 4.74 Å². The minimum atomic E-state index is -0.601. The minimum Gasteiger partial charge on any atom is -0.473 e. The molecule has 0 unspecified atom stereocenters. The van der Waals surface area contributed by atoms with Crippen molar-refractivity contribution in [2.75, 3.05) is 0 Å². The first-order valence-corrected chi connectivity index (χ1v) is 7.68. The summed E-state index contributed by atoms with van der Waals surface area (Å²) in [5.74, 6) is -0.129. The Balaban J connectivity index is 1.70. The number of fused-ring (bicyclic) bond motifs is 1. The smallest absolute Gasteiger partial charge is 0.215 e. The van der Waals surface area contributed by atoms with Crippen LogP contribution in [0.2, 0.25) is 0 Å². The Morgan fingerprint density at radius 1 is 1.17 bits per heavy atom. The molecule has 3 aromatic rings. The quantitative estimate of drug-likeness (QED) is 0.714. The molecule has 0 spiro atoms. The van der Waals surface area contributed by atoms with Gasteiger partial charge in [0.15, 0.2) is 0 Å². The number of pyridine rings is 1. The molecule has 0 amide bonds. The average molecular weight is 314 g/mol. The van der Waals surface area contributed by atoms with Crippen molar-refractivity contribution in [3.05, 3.63) is 64.9 Å². The topological polar surface area (TPSA) is 26.5 Å². The van der Waals surface area contributed by atoms with Crippen LogP contribution in [0.1, 0.15) is 35.6 Å². The van der Waals surface area contributed by atoms with Crippen LogP contribution in [0.3, 0.4) is 0 Å². The van der Waals surface area contributed by atoms with E-state index in [1.54, 1.807) is 4.52 Å². The molecule has 0 atom stereocenters. The standard InChI is InChI=1S/C18H16F2N2O/c1-11-7-14-8-13(12-5-6-12)9-18(22(14)21-11)23-10-15-16(19)3-2-4-17(15)20/h2-4,7-9,12H,5-6,10H2,1H3. The van der Waals surface area contributed by atoms with E-state index in [0.717, 1.165) is 11.2 Å². The maximum absolute atomic E-state index is 13.7. The Hall–Kier alpha value is -2.43. The number of hydrogen-bond donors (Lipinski definition) is 0. The van der Waals surface area contributed by atoms with Crippen LogP contribution in [0.5, 0.6) is 5.88 Å². The molecule has 0 bridgehead atoms. The van der Waals surface area contributed by atoms with Crippen LogP contribution >= 0.6 is 0 Å². The number of rotatable bonds is 4. The summed E-state index contributed by atoms with van der Waals surface area (Å²) in [5, 5.41) is 4.40. The van der Waals surface area contributed by atoms with E-state index in [4.69, 9.17) is 4.74 Å². The Kier molecular flexibility index (Phi) is 3.29. The van der Waals surface area contributed by atoms with Crippen molar-refractivity contribution in [2.24, 2.45) is 0 Å². The number of aryl methyl sites for hydroxylation is 1. The van der Waals surface area contributed by atoms with E-state index in [9.17, 15) is 8.78 Å². The van der Waals surface area contributed by atoms with E-state index in [1.807, 2.05) is 19.1 Å². The van der Waals surface area contributed by atoms with Gasteiger partial charge in [-0.1, -0.05) is 6.07 Å². The van der Waals surface area contributed by atoms with Crippen LogP contribution in [0.15, 0.2) is 36.4 Å². The van der Waals surface area contributed by atoms with Gasteiger partial charge in [-0.05, 0) is 55.5 Å². The summed E-state index contributed by atoms with van der Waals surface area (Å²) in [5.41, 5.74) is 2.94. The monoisotopic (exact) mass is 314 g/mol. The van der Waals surface area contributed by atoms with Gasteiger partial charge in [-0.15, -0.1) is 0 Å². The first kappa shape index (κ1) is 14.2. The molecule has 4 rings (SSSR count). The van der Waals surface area contributed by atoms with E-state index >= 15 is 0 Å². The van der Waals surface area contributed by atoms with Crippen molar-refractivity contribution in [2.45, 2.75) is 32.3 Å². The van der Waals surface area contributed by atoms with Crippen LogP contribution in [0, 0.1) is 18.6 Å². The molecule has 1 saturated carbocycles. The van der Waals surface area contributed by atoms with Crippen molar-refractivity contribution in [3.63, 3.8) is 0 Å². The van der Waals surface area contributed by atoms with Gasteiger partial charge >= 0.3 is 0 Å². The fourth-order valence-electron chi connectivity index (χ4n) is 2.79. The number of hydrogen-bond acceptors (Lipinski definition) is 2. The molecule has 1 aliphatic carbocycles. The van der Waals surface area contributed by atoms with Gasteiger partial charge in [-0.2, -0.15) is 5.10 Å². The summed E-state index contributed by atoms with van der Waals surface area (Å²) in [6, 6.07) is 9.81. The van der Waals surface area contributed by atoms with E-state index in [-0.39, 0.29) is 12.2 Å². The Morgan fingerprint density at radius 3 is 2.61 bits per heavy atom. The first-order chi connectivity index (χ1) is 11.1. The van der Waals surface area contributed by atoms with Crippen LogP contribution in [0.25, 0.3) is 5.52 Å². The highest BCUT2D eigenvalue weighted by Gasteiger charge is 2.25. The molecule has 0 saturated heterocycles. The highest BCUT2D eigenvalue weighted by atomic mass is 19.1. The zero-order valence-corrected chi connectivity index (χ0v) is 12.7. The SMILES string of the molecule is Cc1cc2cc(C3CC3)cc(OCc3c(F)cccc3F)n2n1. The van der Waals surface area contributed by atoms with Gasteiger partial charge in [0, 0.05) is 6.07 Å². The maximum atomic E-state index is 13.7. The summed E-state index contributed by atoms with van der Waals surface area (Å²) < 4.78 is 34.9. The molecule has 1 aromatic carbocycles. The molecule has 0 aliphatic heterocycles. The molecule has 1 fully saturated rings. The Labute approximate surface area is 132 Å². The van der Waals surface area contributed by atoms with Crippen LogP contribution in [-0.2, 0) is 6.61 Å². The van der Waals surface area contributed by atoms with Crippen molar-refractivity contribution in [1.29, 1.82) is 0 Å². The molecule has 2 aromatic heterocycles. The number of aromatic nitrogens is 2. The van der Waals surface area contributed by atoms with Gasteiger partial charge in [0.2, 0.25) is 5.88 Å². The van der Waals surface area contributed by atoms with Crippen LogP contribution in [-0.4, -0.2) is 9.61 Å². The zero-order chi connectivity index (χ0) is 16.0. The molecule has 118 valence electrons. The van der Waals surface area contributed by atoms with Crippen molar-refractivity contribution in [1.82, 2.24) is 9.61 Å². The fraction of sp³-hybridized carbons (Fsp3) is 0.278. The molecule has 0 N–H and O–H groups in total. The molecular weight excluding hydrogens is 298 g/mol. The third kappa shape index (κ3) is 2.67. The third-order valence-corrected chi connectivity index (χ3v) is 4.15. The number of benzene rings is 1. The lowest BCUT2D eigenvalue weighted by molar-refractivity contribution is 0.274. The van der Waals surface area contributed by atoms with Gasteiger partial charge in [-0.3, -0.25) is 0 Å². The van der Waals surface area contributed by atoms with E-state index in [0.29, 0.717) is 11.8 Å². The molecule has 2 heterocycles. The van der Waals surface area contributed by atoms with E-state index < -0.39 is 11.6 Å². The Morgan fingerprint density at radius 2 is 1.91 bits per heavy atom. The zero-order valence-electron chi connectivity index (χ0n) is 12.7. The summed E-state index contributed by atoms with van der Waals surface area (Å²) in [6.45, 7) is 1.74. The maximum Gasteiger partial charge on any atom is 0.215 e. The summed E-state index contributed by atoms with van der Waals surface area (Å²) in [6.07, 6.45) is 2.34. The molecule has 3 nitrogen and oxygen atoms in total. The minimum absolute atomic E-state index is 0.0682. The normalized spacial score (nSPS) is 14.4. The molecule has 23 heavy (non-hydrogen) atoms. The van der Waals surface area contributed by atoms with Crippen molar-refractivity contribution >= 4 is 5.52 Å². The largest absolute Gasteiger partial charge is 0.473 e. The second-order valence-corrected chi connectivity index (χ2v) is 6.01. The lowest BCUT2D eigenvalue weighted by Crippen LogP contribution is -2.05. The van der Waals surface area contributed by atoms with Gasteiger partial charge in [0.05, 0.1) is 16.8 Å². The van der Waals surface area contributed by atoms with Crippen molar-refractivity contribution in [3.8, 4) is 5.88 Å². The lowest BCUT2D eigenvalue weighted by atomic mass is 10.1. The number of ether oxygens (including phenoxy) is 1. The first-order valence-electron chi connectivity index (χ1n) is 7.68. The molecule has 1 aliphatic rings. The van der Waals surface area contributed by atoms with Gasteiger partial charge < -0.3 is 4.74 Å². The lowest BCUT2D eigenvalue weighted by Gasteiger charge is -2.11. The summed E-state index contributed by atoms with van der Waals surface area (Å²) >= 11 is 0. The highest BCUT2D eigenvalue weighted by molar-refractivity contribution is 5.53. The highest BCUT2D eigenvalue weighted by Crippen LogP contribution is 2.41. The third-order valence-electron chi connectivity index (χ3n) is 4.15. The predicted octanol–water partition coefficient (Wildman–Crippen LogP) is 4.38. The fourth-order valence-corrected chi connectivity index (χ4v) is 2.79. The van der Waals surface area contributed by atoms with Gasteiger partial charge in [0.25, 0.3) is 0 Å². The van der Waals surface area contributed by atoms with Gasteiger partial charge in [-0.25, -0.2) is 13.3 Å². The Bertz CT molecular complexity index is 864. The summed E-state index contributed by atoms with van der Waals surface area (Å²) in [4.78, 5) is 0. The van der Waals surface area contributed by atoms with Crippen molar-refractivity contribution < 1.29 is 13.5 Å². The second kappa shape index (κ2) is 5.33.